The third-order valence-electron chi connectivity index (χ3n) is 3.03. The molecule has 0 spiro atoms. The maximum absolute atomic E-state index is 12.0. The number of imidazole rings is 1. The third kappa shape index (κ3) is 2.64. The zero-order valence-electron chi connectivity index (χ0n) is 9.80. The molecule has 2 rings (SSSR count). The zero-order valence-corrected chi connectivity index (χ0v) is 9.80. The van der Waals surface area contributed by atoms with Crippen LogP contribution < -0.4 is 5.32 Å². The van der Waals surface area contributed by atoms with Gasteiger partial charge in [-0.3, -0.25) is 9.59 Å². The number of aromatic nitrogens is 2. The van der Waals surface area contributed by atoms with Gasteiger partial charge in [0.25, 0.3) is 0 Å². The fraction of sp³-hybridized carbons (Fsp3) is 0.545. The lowest BCUT2D eigenvalue weighted by molar-refractivity contribution is -0.132. The molecule has 1 aliphatic rings. The number of nitrogens with one attached hydrogen (secondary N) is 1. The number of rotatable bonds is 4. The lowest BCUT2D eigenvalue weighted by Crippen LogP contribution is -2.35. The molecule has 0 aromatic carbocycles. The minimum absolute atomic E-state index is 0.102. The molecule has 2 heterocycles. The maximum atomic E-state index is 12.0. The van der Waals surface area contributed by atoms with Gasteiger partial charge < -0.3 is 14.8 Å². The van der Waals surface area contributed by atoms with Crippen molar-refractivity contribution in [1.82, 2.24) is 14.5 Å². The van der Waals surface area contributed by atoms with Crippen molar-refractivity contribution in [3.05, 3.63) is 12.5 Å². The molecule has 0 bridgehead atoms. The number of hydrogen-bond donors (Lipinski definition) is 1. The van der Waals surface area contributed by atoms with Gasteiger partial charge in [-0.2, -0.15) is 0 Å². The first-order valence-corrected chi connectivity index (χ1v) is 5.72. The monoisotopic (exact) mass is 236 g/mol. The Balaban J connectivity index is 1.95. The second-order valence-corrected chi connectivity index (χ2v) is 4.27. The molecular weight excluding hydrogens is 220 g/mol. The summed E-state index contributed by atoms with van der Waals surface area (Å²) < 4.78 is 1.68. The van der Waals surface area contributed by atoms with E-state index in [0.29, 0.717) is 18.3 Å². The van der Waals surface area contributed by atoms with Crippen molar-refractivity contribution < 1.29 is 9.59 Å². The van der Waals surface area contributed by atoms with E-state index in [0.717, 1.165) is 19.4 Å². The van der Waals surface area contributed by atoms with Gasteiger partial charge in [0.15, 0.2) is 5.82 Å². The van der Waals surface area contributed by atoms with Crippen molar-refractivity contribution in [2.24, 2.45) is 0 Å². The van der Waals surface area contributed by atoms with Crippen molar-refractivity contribution in [2.75, 3.05) is 11.9 Å². The molecule has 17 heavy (non-hydrogen) atoms. The van der Waals surface area contributed by atoms with Crippen LogP contribution in [0.1, 0.15) is 19.8 Å². The van der Waals surface area contributed by atoms with Crippen molar-refractivity contribution in [2.45, 2.75) is 32.4 Å². The van der Waals surface area contributed by atoms with Gasteiger partial charge in [0.1, 0.15) is 6.54 Å². The second-order valence-electron chi connectivity index (χ2n) is 4.27. The molecule has 92 valence electrons. The Morgan fingerprint density at radius 2 is 2.53 bits per heavy atom. The summed E-state index contributed by atoms with van der Waals surface area (Å²) in [5, 5.41) is 2.44. The molecule has 2 amide bonds. The van der Waals surface area contributed by atoms with E-state index in [1.807, 2.05) is 4.90 Å². The van der Waals surface area contributed by atoms with E-state index in [1.165, 1.54) is 0 Å². The first-order chi connectivity index (χ1) is 8.20. The van der Waals surface area contributed by atoms with E-state index in [-0.39, 0.29) is 12.5 Å². The van der Waals surface area contributed by atoms with Crippen LogP contribution in [0.25, 0.3) is 0 Å². The Bertz CT molecular complexity index is 415. The Hall–Kier alpha value is -1.85. The predicted octanol–water partition coefficient (Wildman–Crippen LogP) is 0.462. The Kier molecular flexibility index (Phi) is 3.41. The molecular formula is C11H16N4O2. The van der Waals surface area contributed by atoms with Crippen LogP contribution in [0.2, 0.25) is 0 Å². The number of carbonyl (C=O) groups excluding carboxylic acids is 2. The summed E-state index contributed by atoms with van der Waals surface area (Å²) >= 11 is 0. The normalized spacial score (nSPS) is 19.4. The second kappa shape index (κ2) is 4.99. The number of carbonyl (C=O) groups is 2. The lowest BCUT2D eigenvalue weighted by atomic mass is 10.2. The van der Waals surface area contributed by atoms with E-state index in [9.17, 15) is 9.59 Å². The van der Waals surface area contributed by atoms with Crippen molar-refractivity contribution in [1.29, 1.82) is 0 Å². The van der Waals surface area contributed by atoms with E-state index in [4.69, 9.17) is 0 Å². The van der Waals surface area contributed by atoms with Gasteiger partial charge in [-0.25, -0.2) is 4.98 Å². The zero-order chi connectivity index (χ0) is 12.3. The molecule has 1 aliphatic heterocycles. The number of likely N-dealkylation sites (tertiary alicyclic amines) is 1. The van der Waals surface area contributed by atoms with Crippen molar-refractivity contribution in [3.8, 4) is 0 Å². The minimum atomic E-state index is 0.102. The summed E-state index contributed by atoms with van der Waals surface area (Å²) in [6.07, 6.45) is 5.91. The van der Waals surface area contributed by atoms with Gasteiger partial charge in [0, 0.05) is 18.8 Å². The van der Waals surface area contributed by atoms with Gasteiger partial charge in [-0.15, -0.1) is 0 Å². The highest BCUT2D eigenvalue weighted by Crippen LogP contribution is 2.16. The Labute approximate surface area is 99.6 Å². The summed E-state index contributed by atoms with van der Waals surface area (Å²) in [5.74, 6) is 0.562. The van der Waals surface area contributed by atoms with Gasteiger partial charge in [-0.1, -0.05) is 0 Å². The van der Waals surface area contributed by atoms with Crippen LogP contribution in [0.4, 0.5) is 5.82 Å². The molecule has 0 aliphatic carbocycles. The van der Waals surface area contributed by atoms with E-state index in [2.05, 4.69) is 17.2 Å². The topological polar surface area (TPSA) is 67.2 Å². The summed E-state index contributed by atoms with van der Waals surface area (Å²) in [5.41, 5.74) is 0. The molecule has 1 saturated heterocycles. The number of anilines is 1. The highest BCUT2D eigenvalue weighted by Gasteiger charge is 2.24. The predicted molar refractivity (Wildman–Crippen MR) is 62.3 cm³/mol. The number of nitrogens with zero attached hydrogens (tertiary/aromatic N) is 3. The Morgan fingerprint density at radius 3 is 3.18 bits per heavy atom. The van der Waals surface area contributed by atoms with Gasteiger partial charge in [0.05, 0.1) is 6.33 Å². The highest BCUT2D eigenvalue weighted by atomic mass is 16.2. The maximum Gasteiger partial charge on any atom is 0.242 e. The summed E-state index contributed by atoms with van der Waals surface area (Å²) in [6, 6.07) is 0.332. The van der Waals surface area contributed by atoms with Crippen LogP contribution >= 0.6 is 0 Å². The smallest absolute Gasteiger partial charge is 0.242 e. The average molecular weight is 236 g/mol. The molecule has 1 aromatic heterocycles. The van der Waals surface area contributed by atoms with Crippen LogP contribution in [0.5, 0.6) is 0 Å². The first-order valence-electron chi connectivity index (χ1n) is 5.72. The number of amides is 2. The van der Waals surface area contributed by atoms with Gasteiger partial charge >= 0.3 is 0 Å². The molecule has 1 atom stereocenters. The van der Waals surface area contributed by atoms with Crippen LogP contribution in [-0.4, -0.2) is 39.4 Å². The highest BCUT2D eigenvalue weighted by molar-refractivity contribution is 5.77. The molecule has 0 saturated carbocycles. The van der Waals surface area contributed by atoms with E-state index < -0.39 is 0 Å². The molecule has 0 radical (unpaired) electrons. The molecule has 6 nitrogen and oxygen atoms in total. The SMILES string of the molecule is C[C@@H]1CCCN1C(=O)Cn1cnc(NC=O)c1. The average Bonchev–Trinajstić information content (AvgIpc) is 2.88. The van der Waals surface area contributed by atoms with Crippen molar-refractivity contribution in [3.63, 3.8) is 0 Å². The third-order valence-corrected chi connectivity index (χ3v) is 3.03. The lowest BCUT2D eigenvalue weighted by Gasteiger charge is -2.21. The Morgan fingerprint density at radius 1 is 1.71 bits per heavy atom. The molecule has 1 fully saturated rings. The summed E-state index contributed by atoms with van der Waals surface area (Å²) in [7, 11) is 0. The summed E-state index contributed by atoms with van der Waals surface area (Å²) in [6.45, 7) is 3.18. The van der Waals surface area contributed by atoms with Crippen LogP contribution in [-0.2, 0) is 16.1 Å². The molecule has 1 aromatic rings. The van der Waals surface area contributed by atoms with Crippen molar-refractivity contribution >= 4 is 18.1 Å². The van der Waals surface area contributed by atoms with Crippen LogP contribution in [0.15, 0.2) is 12.5 Å². The van der Waals surface area contributed by atoms with Crippen LogP contribution in [0.3, 0.4) is 0 Å². The standard InChI is InChI=1S/C11H16N4O2/c1-9-3-2-4-15(9)11(17)6-14-5-10(12-7-14)13-8-16/h5,7-9H,2-4,6H2,1H3,(H,13,16)/t9-/m1/s1. The fourth-order valence-electron chi connectivity index (χ4n) is 2.13. The quantitative estimate of drug-likeness (QED) is 0.772. The molecule has 0 unspecified atom stereocenters. The van der Waals surface area contributed by atoms with E-state index in [1.54, 1.807) is 17.1 Å². The van der Waals surface area contributed by atoms with Gasteiger partial charge in [-0.05, 0) is 19.8 Å². The minimum Gasteiger partial charge on any atom is -0.338 e. The number of hydrogen-bond acceptors (Lipinski definition) is 3. The van der Waals surface area contributed by atoms with E-state index >= 15 is 0 Å². The first kappa shape index (κ1) is 11.6. The molecule has 1 N–H and O–H groups in total. The summed E-state index contributed by atoms with van der Waals surface area (Å²) in [4.78, 5) is 28.1. The van der Waals surface area contributed by atoms with Gasteiger partial charge in [0.2, 0.25) is 12.3 Å². The van der Waals surface area contributed by atoms with Crippen LogP contribution in [0, 0.1) is 0 Å². The molecule has 6 heteroatoms. The largest absolute Gasteiger partial charge is 0.338 e. The fourth-order valence-corrected chi connectivity index (χ4v) is 2.13.